The standard InChI is InChI=1S/C20H31N3O2/c1-16-7-8-19(25-16)9-10-20(24)23(15-17-5-2-3-13-22-17)18-6-4-12-21-14-11-18/h2-3,5,13,16,18-19,21H,4,6-12,14-15H2,1H3. The Morgan fingerprint density at radius 3 is 2.96 bits per heavy atom. The van der Waals surface area contributed by atoms with Crippen LogP contribution in [0, 0.1) is 0 Å². The van der Waals surface area contributed by atoms with Crippen LogP contribution in [0.25, 0.3) is 0 Å². The van der Waals surface area contributed by atoms with E-state index in [1.807, 2.05) is 18.2 Å². The third-order valence-corrected chi connectivity index (χ3v) is 5.36. The molecule has 0 aliphatic carbocycles. The first-order valence-electron chi connectivity index (χ1n) is 9.78. The van der Waals surface area contributed by atoms with Gasteiger partial charge in [-0.1, -0.05) is 6.07 Å². The van der Waals surface area contributed by atoms with Gasteiger partial charge in [0.25, 0.3) is 0 Å². The van der Waals surface area contributed by atoms with Crippen LogP contribution in [0.1, 0.15) is 57.6 Å². The van der Waals surface area contributed by atoms with Crippen molar-refractivity contribution in [3.63, 3.8) is 0 Å². The number of carbonyl (C=O) groups excluding carboxylic acids is 1. The van der Waals surface area contributed by atoms with E-state index in [-0.39, 0.29) is 12.0 Å². The maximum Gasteiger partial charge on any atom is 0.223 e. The third kappa shape index (κ3) is 5.51. The van der Waals surface area contributed by atoms with Crippen LogP contribution in [0.15, 0.2) is 24.4 Å². The van der Waals surface area contributed by atoms with E-state index in [1.165, 1.54) is 0 Å². The van der Waals surface area contributed by atoms with E-state index in [1.54, 1.807) is 6.20 Å². The summed E-state index contributed by atoms with van der Waals surface area (Å²) in [6.07, 6.45) is 9.25. The Morgan fingerprint density at radius 2 is 2.20 bits per heavy atom. The molecule has 3 unspecified atom stereocenters. The van der Waals surface area contributed by atoms with Crippen molar-refractivity contribution in [3.05, 3.63) is 30.1 Å². The molecular weight excluding hydrogens is 314 g/mol. The second-order valence-electron chi connectivity index (χ2n) is 7.36. The fraction of sp³-hybridized carbons (Fsp3) is 0.700. The van der Waals surface area contributed by atoms with Crippen molar-refractivity contribution < 1.29 is 9.53 Å². The van der Waals surface area contributed by atoms with Crippen LogP contribution in [-0.2, 0) is 16.1 Å². The molecule has 3 rings (SSSR count). The molecule has 1 aromatic heterocycles. The topological polar surface area (TPSA) is 54.5 Å². The fourth-order valence-electron chi connectivity index (χ4n) is 3.93. The van der Waals surface area contributed by atoms with E-state index < -0.39 is 0 Å². The van der Waals surface area contributed by atoms with Gasteiger partial charge in [-0.15, -0.1) is 0 Å². The smallest absolute Gasteiger partial charge is 0.223 e. The van der Waals surface area contributed by atoms with Crippen molar-refractivity contribution >= 4 is 5.91 Å². The van der Waals surface area contributed by atoms with Crippen LogP contribution in [0.3, 0.4) is 0 Å². The molecule has 138 valence electrons. The summed E-state index contributed by atoms with van der Waals surface area (Å²) >= 11 is 0. The Bertz CT molecular complexity index is 529. The van der Waals surface area contributed by atoms with Crippen LogP contribution >= 0.6 is 0 Å². The molecule has 3 heterocycles. The SMILES string of the molecule is CC1CCC(CCC(=O)N(Cc2ccccn2)C2CCCNCC2)O1. The summed E-state index contributed by atoms with van der Waals surface area (Å²) in [5.41, 5.74) is 0.971. The number of hydrogen-bond acceptors (Lipinski definition) is 4. The van der Waals surface area contributed by atoms with E-state index in [9.17, 15) is 4.79 Å². The lowest BCUT2D eigenvalue weighted by molar-refractivity contribution is -0.135. The van der Waals surface area contributed by atoms with E-state index in [4.69, 9.17) is 4.74 Å². The normalized spacial score (nSPS) is 27.0. The highest BCUT2D eigenvalue weighted by molar-refractivity contribution is 5.76. The molecule has 0 saturated carbocycles. The van der Waals surface area contributed by atoms with E-state index in [2.05, 4.69) is 22.1 Å². The van der Waals surface area contributed by atoms with Gasteiger partial charge in [-0.2, -0.15) is 0 Å². The highest BCUT2D eigenvalue weighted by atomic mass is 16.5. The summed E-state index contributed by atoms with van der Waals surface area (Å²) in [5.74, 6) is 0.251. The highest BCUT2D eigenvalue weighted by Crippen LogP contribution is 2.24. The molecule has 3 atom stereocenters. The fourth-order valence-corrected chi connectivity index (χ4v) is 3.93. The minimum Gasteiger partial charge on any atom is -0.375 e. The molecule has 1 N–H and O–H groups in total. The molecule has 2 saturated heterocycles. The first-order chi connectivity index (χ1) is 12.2. The van der Waals surface area contributed by atoms with Gasteiger partial charge < -0.3 is 15.0 Å². The van der Waals surface area contributed by atoms with Crippen LogP contribution in [0.5, 0.6) is 0 Å². The van der Waals surface area contributed by atoms with E-state index >= 15 is 0 Å². The van der Waals surface area contributed by atoms with Gasteiger partial charge in [-0.3, -0.25) is 9.78 Å². The second kappa shape index (κ2) is 9.30. The van der Waals surface area contributed by atoms with Crippen molar-refractivity contribution in [1.29, 1.82) is 0 Å². The van der Waals surface area contributed by atoms with Crippen molar-refractivity contribution in [2.24, 2.45) is 0 Å². The molecule has 0 aromatic carbocycles. The number of nitrogens with zero attached hydrogens (tertiary/aromatic N) is 2. The van der Waals surface area contributed by atoms with Gasteiger partial charge >= 0.3 is 0 Å². The summed E-state index contributed by atoms with van der Waals surface area (Å²) in [6, 6.07) is 6.24. The lowest BCUT2D eigenvalue weighted by Gasteiger charge is -2.31. The monoisotopic (exact) mass is 345 g/mol. The summed E-state index contributed by atoms with van der Waals surface area (Å²) in [4.78, 5) is 19.5. The largest absolute Gasteiger partial charge is 0.375 e. The molecule has 0 bridgehead atoms. The number of ether oxygens (including phenoxy) is 1. The van der Waals surface area contributed by atoms with Crippen molar-refractivity contribution in [2.45, 2.75) is 76.7 Å². The van der Waals surface area contributed by atoms with Gasteiger partial charge in [-0.05, 0) is 70.7 Å². The molecular formula is C20H31N3O2. The number of nitrogens with one attached hydrogen (secondary N) is 1. The lowest BCUT2D eigenvalue weighted by Crippen LogP contribution is -2.40. The third-order valence-electron chi connectivity index (χ3n) is 5.36. The molecule has 25 heavy (non-hydrogen) atoms. The molecule has 2 aliphatic heterocycles. The first-order valence-corrected chi connectivity index (χ1v) is 9.78. The van der Waals surface area contributed by atoms with Crippen LogP contribution in [0.4, 0.5) is 0 Å². The summed E-state index contributed by atoms with van der Waals surface area (Å²) < 4.78 is 5.88. The van der Waals surface area contributed by atoms with Crippen LogP contribution in [0.2, 0.25) is 0 Å². The zero-order valence-corrected chi connectivity index (χ0v) is 15.3. The number of pyridine rings is 1. The van der Waals surface area contributed by atoms with Gasteiger partial charge in [0.1, 0.15) is 0 Å². The number of rotatable bonds is 6. The first kappa shape index (κ1) is 18.3. The summed E-state index contributed by atoms with van der Waals surface area (Å²) in [6.45, 7) is 4.77. The summed E-state index contributed by atoms with van der Waals surface area (Å²) in [7, 11) is 0. The Labute approximate surface area is 151 Å². The average Bonchev–Trinajstić information content (AvgIpc) is 2.87. The molecule has 2 aliphatic rings. The molecule has 0 spiro atoms. The Hall–Kier alpha value is -1.46. The predicted molar refractivity (Wildman–Crippen MR) is 98.1 cm³/mol. The molecule has 1 amide bonds. The van der Waals surface area contributed by atoms with E-state index in [0.717, 1.165) is 57.3 Å². The van der Waals surface area contributed by atoms with Crippen LogP contribution < -0.4 is 5.32 Å². The number of aromatic nitrogens is 1. The number of amides is 1. The zero-order chi connectivity index (χ0) is 17.5. The lowest BCUT2D eigenvalue weighted by atomic mass is 10.0. The Morgan fingerprint density at radius 1 is 1.28 bits per heavy atom. The van der Waals surface area contributed by atoms with Gasteiger partial charge in [0.05, 0.1) is 24.4 Å². The number of carbonyl (C=O) groups is 1. The average molecular weight is 345 g/mol. The quantitative estimate of drug-likeness (QED) is 0.861. The molecule has 0 radical (unpaired) electrons. The second-order valence-corrected chi connectivity index (χ2v) is 7.36. The predicted octanol–water partition coefficient (Wildman–Crippen LogP) is 2.90. The summed E-state index contributed by atoms with van der Waals surface area (Å²) in [5, 5.41) is 3.44. The zero-order valence-electron chi connectivity index (χ0n) is 15.3. The van der Waals surface area contributed by atoms with E-state index in [0.29, 0.717) is 25.1 Å². The maximum absolute atomic E-state index is 13.0. The molecule has 5 heteroatoms. The van der Waals surface area contributed by atoms with Crippen molar-refractivity contribution in [3.8, 4) is 0 Å². The van der Waals surface area contributed by atoms with Crippen LogP contribution in [-0.4, -0.2) is 47.1 Å². The molecule has 1 aromatic rings. The number of hydrogen-bond donors (Lipinski definition) is 1. The van der Waals surface area contributed by atoms with Gasteiger partial charge in [0.2, 0.25) is 5.91 Å². The van der Waals surface area contributed by atoms with Crippen molar-refractivity contribution in [2.75, 3.05) is 13.1 Å². The molecule has 5 nitrogen and oxygen atoms in total. The van der Waals surface area contributed by atoms with Gasteiger partial charge in [-0.25, -0.2) is 0 Å². The maximum atomic E-state index is 13.0. The van der Waals surface area contributed by atoms with Crippen molar-refractivity contribution in [1.82, 2.24) is 15.2 Å². The minimum atomic E-state index is 0.251. The highest BCUT2D eigenvalue weighted by Gasteiger charge is 2.27. The molecule has 2 fully saturated rings. The van der Waals surface area contributed by atoms with Gasteiger partial charge in [0, 0.05) is 18.7 Å². The Balaban J connectivity index is 1.62. The van der Waals surface area contributed by atoms with Gasteiger partial charge in [0.15, 0.2) is 0 Å². The minimum absolute atomic E-state index is 0.251. The Kier molecular flexibility index (Phi) is 6.82.